The van der Waals surface area contributed by atoms with Crippen molar-refractivity contribution in [2.45, 2.75) is 77.6 Å². The van der Waals surface area contributed by atoms with Crippen molar-refractivity contribution in [2.24, 2.45) is 0 Å². The molecule has 0 radical (unpaired) electrons. The molecule has 7 nitrogen and oxygen atoms in total. The average molecular weight is 405 g/mol. The topological polar surface area (TPSA) is 84.9 Å². The number of nitrogens with zero attached hydrogens (tertiary/aromatic N) is 1. The summed E-state index contributed by atoms with van der Waals surface area (Å²) in [6.45, 7) is 7.76. The summed E-state index contributed by atoms with van der Waals surface area (Å²) in [5.41, 5.74) is 0.448. The second kappa shape index (κ2) is 10.3. The van der Waals surface area contributed by atoms with Crippen molar-refractivity contribution in [3.63, 3.8) is 0 Å². The Morgan fingerprint density at radius 2 is 1.79 bits per heavy atom. The van der Waals surface area contributed by atoms with Crippen LogP contribution in [-0.4, -0.2) is 47.1 Å². The first-order valence-electron chi connectivity index (χ1n) is 10.2. The van der Waals surface area contributed by atoms with Gasteiger partial charge in [0.05, 0.1) is 6.04 Å². The first kappa shape index (κ1) is 22.7. The monoisotopic (exact) mass is 404 g/mol. The van der Waals surface area contributed by atoms with Gasteiger partial charge in [-0.05, 0) is 45.6 Å². The predicted molar refractivity (Wildman–Crippen MR) is 109 cm³/mol. The molecule has 0 aliphatic carbocycles. The summed E-state index contributed by atoms with van der Waals surface area (Å²) in [5.74, 6) is -0.524. The number of ether oxygens (including phenoxy) is 2. The van der Waals surface area contributed by atoms with E-state index in [1.165, 1.54) is 4.90 Å². The van der Waals surface area contributed by atoms with Crippen molar-refractivity contribution in [1.29, 1.82) is 0 Å². The first-order valence-corrected chi connectivity index (χ1v) is 10.2. The van der Waals surface area contributed by atoms with E-state index in [2.05, 4.69) is 5.32 Å². The molecule has 0 unspecified atom stereocenters. The van der Waals surface area contributed by atoms with E-state index in [0.29, 0.717) is 25.7 Å². The number of carbonyl (C=O) groups excluding carboxylic acids is 3. The van der Waals surface area contributed by atoms with Gasteiger partial charge in [-0.2, -0.15) is 0 Å². The summed E-state index contributed by atoms with van der Waals surface area (Å²) < 4.78 is 10.8. The van der Waals surface area contributed by atoms with Gasteiger partial charge in [0, 0.05) is 12.0 Å². The van der Waals surface area contributed by atoms with Gasteiger partial charge in [-0.25, -0.2) is 4.79 Å². The van der Waals surface area contributed by atoms with E-state index < -0.39 is 17.7 Å². The summed E-state index contributed by atoms with van der Waals surface area (Å²) in [4.78, 5) is 38.8. The minimum absolute atomic E-state index is 0.0680. The molecule has 0 bridgehead atoms. The highest BCUT2D eigenvalue weighted by Gasteiger charge is 2.43. The molecule has 160 valence electrons. The zero-order valence-corrected chi connectivity index (χ0v) is 17.8. The third kappa shape index (κ3) is 7.07. The first-order chi connectivity index (χ1) is 13.7. The Morgan fingerprint density at radius 1 is 1.10 bits per heavy atom. The van der Waals surface area contributed by atoms with Crippen LogP contribution in [0.5, 0.6) is 0 Å². The van der Waals surface area contributed by atoms with Gasteiger partial charge in [-0.3, -0.25) is 14.5 Å². The molecular weight excluding hydrogens is 372 g/mol. The lowest BCUT2D eigenvalue weighted by Gasteiger charge is -2.31. The minimum atomic E-state index is -0.646. The zero-order valence-electron chi connectivity index (χ0n) is 17.8. The van der Waals surface area contributed by atoms with E-state index in [0.717, 1.165) is 5.56 Å². The van der Waals surface area contributed by atoms with Gasteiger partial charge in [0.15, 0.2) is 0 Å². The Morgan fingerprint density at radius 3 is 2.41 bits per heavy atom. The number of hydrogen-bond acceptors (Lipinski definition) is 5. The normalized spacial score (nSPS) is 19.0. The molecule has 0 saturated carbocycles. The molecule has 1 fully saturated rings. The van der Waals surface area contributed by atoms with Crippen molar-refractivity contribution in [2.75, 3.05) is 6.61 Å². The highest BCUT2D eigenvalue weighted by molar-refractivity contribution is 5.87. The maximum absolute atomic E-state index is 12.9. The number of carbonyl (C=O) groups is 3. The van der Waals surface area contributed by atoms with E-state index in [9.17, 15) is 14.4 Å². The minimum Gasteiger partial charge on any atom is -0.463 e. The van der Waals surface area contributed by atoms with Crippen LogP contribution in [0, 0.1) is 0 Å². The van der Waals surface area contributed by atoms with E-state index in [1.807, 2.05) is 58.0 Å². The number of amides is 2. The van der Waals surface area contributed by atoms with Crippen molar-refractivity contribution < 1.29 is 23.9 Å². The van der Waals surface area contributed by atoms with Gasteiger partial charge in [0.2, 0.25) is 5.91 Å². The molecule has 0 aromatic heterocycles. The number of likely N-dealkylation sites (tertiary alicyclic amines) is 1. The summed E-state index contributed by atoms with van der Waals surface area (Å²) in [6, 6.07) is 8.33. The maximum atomic E-state index is 12.9. The van der Waals surface area contributed by atoms with E-state index in [-0.39, 0.29) is 31.1 Å². The number of esters is 1. The van der Waals surface area contributed by atoms with Gasteiger partial charge in [0.1, 0.15) is 19.3 Å². The third-order valence-electron chi connectivity index (χ3n) is 4.61. The standard InChI is InChI=1S/C22H32N2O5/c1-5-9-19(25)28-15-17-12-13-18(20(26)23-22(2,3)4)24(17)21(27)29-14-16-10-7-6-8-11-16/h6-8,10-11,17-18H,5,9,12-15H2,1-4H3,(H,23,26)/t17-,18+/m1/s1. The molecule has 2 amide bonds. The lowest BCUT2D eigenvalue weighted by Crippen LogP contribution is -2.53. The fourth-order valence-electron chi connectivity index (χ4n) is 3.29. The van der Waals surface area contributed by atoms with Crippen LogP contribution in [-0.2, 0) is 25.7 Å². The van der Waals surface area contributed by atoms with Gasteiger partial charge in [-0.1, -0.05) is 37.3 Å². The Kier molecular flexibility index (Phi) is 8.05. The van der Waals surface area contributed by atoms with Crippen LogP contribution in [0.25, 0.3) is 0 Å². The van der Waals surface area contributed by atoms with Crippen LogP contribution in [0.1, 0.15) is 58.9 Å². The van der Waals surface area contributed by atoms with Crippen LogP contribution in [0.2, 0.25) is 0 Å². The number of benzene rings is 1. The Balaban J connectivity index is 2.08. The Bertz CT molecular complexity index is 699. The lowest BCUT2D eigenvalue weighted by molar-refractivity contribution is -0.145. The maximum Gasteiger partial charge on any atom is 0.411 e. The van der Waals surface area contributed by atoms with Gasteiger partial charge in [-0.15, -0.1) is 0 Å². The average Bonchev–Trinajstić information content (AvgIpc) is 3.08. The molecule has 1 aromatic carbocycles. The van der Waals surface area contributed by atoms with Crippen LogP contribution in [0.15, 0.2) is 30.3 Å². The smallest absolute Gasteiger partial charge is 0.411 e. The Labute approximate surface area is 172 Å². The summed E-state index contributed by atoms with van der Waals surface area (Å²) in [5, 5.41) is 2.93. The molecular formula is C22H32N2O5. The predicted octanol–water partition coefficient (Wildman–Crippen LogP) is 3.41. The molecule has 1 aromatic rings. The van der Waals surface area contributed by atoms with Crippen LogP contribution in [0.4, 0.5) is 4.79 Å². The molecule has 29 heavy (non-hydrogen) atoms. The van der Waals surface area contributed by atoms with E-state index >= 15 is 0 Å². The van der Waals surface area contributed by atoms with Crippen LogP contribution >= 0.6 is 0 Å². The van der Waals surface area contributed by atoms with Crippen molar-refractivity contribution in [3.8, 4) is 0 Å². The van der Waals surface area contributed by atoms with E-state index in [1.54, 1.807) is 0 Å². The van der Waals surface area contributed by atoms with Crippen LogP contribution < -0.4 is 5.32 Å². The number of rotatable bonds is 7. The van der Waals surface area contributed by atoms with E-state index in [4.69, 9.17) is 9.47 Å². The number of hydrogen-bond donors (Lipinski definition) is 1. The molecule has 7 heteroatoms. The fourth-order valence-corrected chi connectivity index (χ4v) is 3.29. The van der Waals surface area contributed by atoms with Crippen molar-refractivity contribution in [3.05, 3.63) is 35.9 Å². The highest BCUT2D eigenvalue weighted by Crippen LogP contribution is 2.27. The SMILES string of the molecule is CCCC(=O)OC[C@H]1CC[C@@H](C(=O)NC(C)(C)C)N1C(=O)OCc1ccccc1. The highest BCUT2D eigenvalue weighted by atomic mass is 16.6. The van der Waals surface area contributed by atoms with Gasteiger partial charge < -0.3 is 14.8 Å². The summed E-state index contributed by atoms with van der Waals surface area (Å²) in [7, 11) is 0. The lowest BCUT2D eigenvalue weighted by atomic mass is 10.1. The van der Waals surface area contributed by atoms with Crippen molar-refractivity contribution >= 4 is 18.0 Å². The van der Waals surface area contributed by atoms with Crippen molar-refractivity contribution in [1.82, 2.24) is 10.2 Å². The van der Waals surface area contributed by atoms with Gasteiger partial charge >= 0.3 is 12.1 Å². The summed E-state index contributed by atoms with van der Waals surface area (Å²) in [6.07, 6.45) is 1.53. The third-order valence-corrected chi connectivity index (χ3v) is 4.61. The summed E-state index contributed by atoms with van der Waals surface area (Å²) >= 11 is 0. The molecule has 1 aliphatic heterocycles. The molecule has 1 heterocycles. The molecule has 1 saturated heterocycles. The zero-order chi connectivity index (χ0) is 21.4. The molecule has 2 atom stereocenters. The molecule has 2 rings (SSSR count). The van der Waals surface area contributed by atoms with Gasteiger partial charge in [0.25, 0.3) is 0 Å². The largest absolute Gasteiger partial charge is 0.463 e. The quantitative estimate of drug-likeness (QED) is 0.704. The molecule has 1 N–H and O–H groups in total. The fraction of sp³-hybridized carbons (Fsp3) is 0.591. The van der Waals surface area contributed by atoms with Crippen LogP contribution in [0.3, 0.4) is 0 Å². The number of nitrogens with one attached hydrogen (secondary N) is 1. The second-order valence-corrected chi connectivity index (χ2v) is 8.37. The Hall–Kier alpha value is -2.57. The molecule has 1 aliphatic rings. The second-order valence-electron chi connectivity index (χ2n) is 8.37. The molecule has 0 spiro atoms.